The zero-order valence-electron chi connectivity index (χ0n) is 11.6. The SMILES string of the molecule is C1CNCCN1.Clc1cccc(N2CCNCC2)c1Cl. The lowest BCUT2D eigenvalue weighted by atomic mass is 10.2. The van der Waals surface area contributed by atoms with E-state index in [2.05, 4.69) is 20.9 Å². The first kappa shape index (κ1) is 15.9. The fourth-order valence-electron chi connectivity index (χ4n) is 2.25. The summed E-state index contributed by atoms with van der Waals surface area (Å²) in [4.78, 5) is 2.25. The Bertz CT molecular complexity index is 393. The fourth-order valence-corrected chi connectivity index (χ4v) is 2.66. The Balaban J connectivity index is 0.000000205. The van der Waals surface area contributed by atoms with Gasteiger partial charge in [0.15, 0.2) is 0 Å². The molecular weight excluding hydrogens is 295 g/mol. The predicted molar refractivity (Wildman–Crippen MR) is 87.3 cm³/mol. The molecular formula is C14H22Cl2N4. The maximum Gasteiger partial charge on any atom is 0.0825 e. The first-order valence-corrected chi connectivity index (χ1v) is 7.86. The summed E-state index contributed by atoms with van der Waals surface area (Å²) in [5.41, 5.74) is 1.04. The predicted octanol–water partition coefficient (Wildman–Crippen LogP) is 1.58. The van der Waals surface area contributed by atoms with Gasteiger partial charge in [0.2, 0.25) is 0 Å². The highest BCUT2D eigenvalue weighted by atomic mass is 35.5. The largest absolute Gasteiger partial charge is 0.368 e. The van der Waals surface area contributed by atoms with Crippen molar-refractivity contribution < 1.29 is 0 Å². The Kier molecular flexibility index (Phi) is 6.90. The average Bonchev–Trinajstić information content (AvgIpc) is 2.53. The van der Waals surface area contributed by atoms with E-state index in [4.69, 9.17) is 23.2 Å². The molecule has 2 fully saturated rings. The van der Waals surface area contributed by atoms with Gasteiger partial charge >= 0.3 is 0 Å². The Morgan fingerprint density at radius 2 is 1.35 bits per heavy atom. The number of nitrogens with one attached hydrogen (secondary N) is 3. The van der Waals surface area contributed by atoms with Crippen LogP contribution >= 0.6 is 23.2 Å². The molecule has 1 aromatic carbocycles. The molecule has 0 spiro atoms. The van der Waals surface area contributed by atoms with Gasteiger partial charge in [0, 0.05) is 52.4 Å². The Morgan fingerprint density at radius 3 is 1.90 bits per heavy atom. The first-order valence-electron chi connectivity index (χ1n) is 7.10. The van der Waals surface area contributed by atoms with Crippen LogP contribution in [-0.2, 0) is 0 Å². The topological polar surface area (TPSA) is 39.3 Å². The third kappa shape index (κ3) is 4.79. The maximum atomic E-state index is 6.13. The minimum absolute atomic E-state index is 0.627. The average molecular weight is 317 g/mol. The summed E-state index contributed by atoms with van der Waals surface area (Å²) in [5, 5.41) is 11.0. The van der Waals surface area contributed by atoms with Crippen LogP contribution in [0.25, 0.3) is 0 Å². The second-order valence-electron chi connectivity index (χ2n) is 4.81. The lowest BCUT2D eigenvalue weighted by Gasteiger charge is -2.30. The number of piperazine rings is 2. The van der Waals surface area contributed by atoms with Crippen LogP contribution in [0.4, 0.5) is 5.69 Å². The molecule has 20 heavy (non-hydrogen) atoms. The Hall–Kier alpha value is -0.520. The lowest BCUT2D eigenvalue weighted by Crippen LogP contribution is -2.43. The maximum absolute atomic E-state index is 6.13. The van der Waals surface area contributed by atoms with Gasteiger partial charge in [-0.3, -0.25) is 0 Å². The van der Waals surface area contributed by atoms with Crippen LogP contribution < -0.4 is 20.9 Å². The second kappa shape index (κ2) is 8.70. The Labute approximate surface area is 130 Å². The van der Waals surface area contributed by atoms with Gasteiger partial charge in [0.25, 0.3) is 0 Å². The molecule has 2 heterocycles. The molecule has 0 unspecified atom stereocenters. The highest BCUT2D eigenvalue weighted by Gasteiger charge is 2.14. The lowest BCUT2D eigenvalue weighted by molar-refractivity contribution is 0.534. The molecule has 2 aliphatic heterocycles. The third-order valence-corrected chi connectivity index (χ3v) is 4.15. The van der Waals surface area contributed by atoms with Crippen LogP contribution in [0.1, 0.15) is 0 Å². The van der Waals surface area contributed by atoms with Crippen molar-refractivity contribution in [3.8, 4) is 0 Å². The summed E-state index contributed by atoms with van der Waals surface area (Å²) < 4.78 is 0. The van der Waals surface area contributed by atoms with Crippen molar-refractivity contribution in [3.05, 3.63) is 28.2 Å². The smallest absolute Gasteiger partial charge is 0.0825 e. The number of rotatable bonds is 1. The highest BCUT2D eigenvalue weighted by Crippen LogP contribution is 2.32. The van der Waals surface area contributed by atoms with Crippen molar-refractivity contribution in [2.75, 3.05) is 57.3 Å². The van der Waals surface area contributed by atoms with E-state index in [9.17, 15) is 0 Å². The van der Waals surface area contributed by atoms with E-state index in [1.54, 1.807) is 0 Å². The van der Waals surface area contributed by atoms with Crippen LogP contribution in [0.15, 0.2) is 18.2 Å². The van der Waals surface area contributed by atoms with Crippen molar-refractivity contribution in [2.45, 2.75) is 0 Å². The molecule has 1 aromatic rings. The highest BCUT2D eigenvalue weighted by molar-refractivity contribution is 6.43. The zero-order valence-corrected chi connectivity index (χ0v) is 13.1. The molecule has 0 saturated carbocycles. The molecule has 0 aliphatic carbocycles. The fraction of sp³-hybridized carbons (Fsp3) is 0.571. The number of hydrogen-bond donors (Lipinski definition) is 3. The van der Waals surface area contributed by atoms with Crippen molar-refractivity contribution in [1.82, 2.24) is 16.0 Å². The minimum Gasteiger partial charge on any atom is -0.368 e. The molecule has 3 rings (SSSR count). The first-order chi connectivity index (χ1) is 9.79. The normalized spacial score (nSPS) is 19.2. The molecule has 0 atom stereocenters. The van der Waals surface area contributed by atoms with E-state index in [0.29, 0.717) is 10.0 Å². The summed E-state index contributed by atoms with van der Waals surface area (Å²) in [6, 6.07) is 5.76. The molecule has 0 aromatic heterocycles. The van der Waals surface area contributed by atoms with Gasteiger partial charge in [-0.25, -0.2) is 0 Å². The van der Waals surface area contributed by atoms with Gasteiger partial charge in [-0.05, 0) is 12.1 Å². The van der Waals surface area contributed by atoms with Crippen LogP contribution in [0.2, 0.25) is 10.0 Å². The number of benzene rings is 1. The van der Waals surface area contributed by atoms with Crippen molar-refractivity contribution in [2.24, 2.45) is 0 Å². The van der Waals surface area contributed by atoms with Crippen molar-refractivity contribution >= 4 is 28.9 Å². The number of halogens is 2. The molecule has 0 amide bonds. The third-order valence-electron chi connectivity index (χ3n) is 3.35. The minimum atomic E-state index is 0.627. The van der Waals surface area contributed by atoms with Crippen molar-refractivity contribution in [1.29, 1.82) is 0 Å². The van der Waals surface area contributed by atoms with Gasteiger partial charge < -0.3 is 20.9 Å². The second-order valence-corrected chi connectivity index (χ2v) is 5.60. The van der Waals surface area contributed by atoms with Crippen LogP contribution in [-0.4, -0.2) is 52.4 Å². The molecule has 2 aliphatic rings. The summed E-state index contributed by atoms with van der Waals surface area (Å²) in [5.74, 6) is 0. The Morgan fingerprint density at radius 1 is 0.800 bits per heavy atom. The van der Waals surface area contributed by atoms with E-state index < -0.39 is 0 Å². The molecule has 3 N–H and O–H groups in total. The van der Waals surface area contributed by atoms with E-state index in [-0.39, 0.29) is 0 Å². The van der Waals surface area contributed by atoms with Crippen LogP contribution in [0, 0.1) is 0 Å². The standard InChI is InChI=1S/C10H12Cl2N2.C4H10N2/c11-8-2-1-3-9(10(8)12)14-6-4-13-5-7-14;1-2-6-4-3-5-1/h1-3,13H,4-7H2;5-6H,1-4H2. The zero-order chi connectivity index (χ0) is 14.2. The number of anilines is 1. The van der Waals surface area contributed by atoms with Crippen LogP contribution in [0.3, 0.4) is 0 Å². The summed E-state index contributed by atoms with van der Waals surface area (Å²) in [6.07, 6.45) is 0. The quantitative estimate of drug-likeness (QED) is 0.735. The summed E-state index contributed by atoms with van der Waals surface area (Å²) in [6.45, 7) is 8.53. The van der Waals surface area contributed by atoms with Gasteiger partial charge in [0.1, 0.15) is 0 Å². The number of hydrogen-bond acceptors (Lipinski definition) is 4. The summed E-state index contributed by atoms with van der Waals surface area (Å²) >= 11 is 12.1. The molecule has 2 saturated heterocycles. The van der Waals surface area contributed by atoms with Gasteiger partial charge in [0.05, 0.1) is 15.7 Å². The van der Waals surface area contributed by atoms with E-state index in [0.717, 1.165) is 58.0 Å². The molecule has 0 radical (unpaired) electrons. The number of nitrogens with zero attached hydrogens (tertiary/aromatic N) is 1. The molecule has 112 valence electrons. The van der Waals surface area contributed by atoms with E-state index in [1.807, 2.05) is 18.2 Å². The molecule has 4 nitrogen and oxygen atoms in total. The molecule has 6 heteroatoms. The van der Waals surface area contributed by atoms with Gasteiger partial charge in [-0.2, -0.15) is 0 Å². The monoisotopic (exact) mass is 316 g/mol. The van der Waals surface area contributed by atoms with Crippen molar-refractivity contribution in [3.63, 3.8) is 0 Å². The van der Waals surface area contributed by atoms with Crippen LogP contribution in [0.5, 0.6) is 0 Å². The van der Waals surface area contributed by atoms with Gasteiger partial charge in [-0.1, -0.05) is 29.3 Å². The van der Waals surface area contributed by atoms with E-state index in [1.165, 1.54) is 0 Å². The molecule has 0 bridgehead atoms. The van der Waals surface area contributed by atoms with E-state index >= 15 is 0 Å². The van der Waals surface area contributed by atoms with Gasteiger partial charge in [-0.15, -0.1) is 0 Å². The summed E-state index contributed by atoms with van der Waals surface area (Å²) in [7, 11) is 0.